The molecule has 3 nitrogen and oxygen atoms in total. The van der Waals surface area contributed by atoms with Crippen LogP contribution in [0.15, 0.2) is 24.3 Å². The molecule has 1 rings (SSSR count). The van der Waals surface area contributed by atoms with Gasteiger partial charge in [-0.3, -0.25) is 4.79 Å². The van der Waals surface area contributed by atoms with Gasteiger partial charge in [-0.25, -0.2) is 0 Å². The molecule has 0 atom stereocenters. The second-order valence-corrected chi connectivity index (χ2v) is 4.30. The number of nitrogens with two attached hydrogens (primary N) is 1. The van der Waals surface area contributed by atoms with Crippen LogP contribution in [0.3, 0.4) is 0 Å². The minimum Gasteiger partial charge on any atom is -0.398 e. The first-order valence-electron chi connectivity index (χ1n) is 4.73. The number of nitrogen functional groups attached to an aromatic ring is 1. The van der Waals surface area contributed by atoms with Crippen LogP contribution in [0.25, 0.3) is 0 Å². The number of nitrogens with one attached hydrogen (secondary N) is 1. The Morgan fingerprint density at radius 3 is 2.59 bits per heavy atom. The Morgan fingerprint density at radius 1 is 1.35 bits per heavy atom. The van der Waals surface area contributed by atoms with Crippen LogP contribution in [-0.2, 0) is 0 Å². The highest BCUT2D eigenvalue weighted by molar-refractivity contribution is 8.00. The molecule has 1 aromatic rings. The number of carbonyl (C=O) groups excluding carboxylic acids is 1. The standard InChI is InChI=1S/C10H11F3N2OS/c11-10(12,13)17-6-5-15-9(16)7-3-1-2-4-8(7)14/h1-4H,5-6,14H2,(H,15,16). The Morgan fingerprint density at radius 2 is 2.00 bits per heavy atom. The monoisotopic (exact) mass is 264 g/mol. The Balaban J connectivity index is 2.39. The van der Waals surface area contributed by atoms with E-state index in [0.29, 0.717) is 5.69 Å². The molecule has 0 bridgehead atoms. The van der Waals surface area contributed by atoms with E-state index >= 15 is 0 Å². The van der Waals surface area contributed by atoms with Gasteiger partial charge in [0.05, 0.1) is 5.56 Å². The average Bonchev–Trinajstić information content (AvgIpc) is 2.23. The first-order chi connectivity index (χ1) is 7.90. The van der Waals surface area contributed by atoms with E-state index in [0.717, 1.165) is 0 Å². The van der Waals surface area contributed by atoms with Gasteiger partial charge in [-0.1, -0.05) is 12.1 Å². The highest BCUT2D eigenvalue weighted by atomic mass is 32.2. The Kier molecular flexibility index (Phi) is 4.68. The maximum absolute atomic E-state index is 11.8. The molecule has 17 heavy (non-hydrogen) atoms. The maximum Gasteiger partial charge on any atom is 0.441 e. The van der Waals surface area contributed by atoms with Crippen molar-refractivity contribution in [3.05, 3.63) is 29.8 Å². The van der Waals surface area contributed by atoms with Crippen molar-refractivity contribution in [1.29, 1.82) is 0 Å². The lowest BCUT2D eigenvalue weighted by Gasteiger charge is -2.08. The zero-order valence-electron chi connectivity index (χ0n) is 8.75. The number of benzene rings is 1. The first-order valence-corrected chi connectivity index (χ1v) is 5.72. The van der Waals surface area contributed by atoms with Crippen molar-refractivity contribution in [2.45, 2.75) is 5.51 Å². The van der Waals surface area contributed by atoms with Gasteiger partial charge in [-0.05, 0) is 23.9 Å². The van der Waals surface area contributed by atoms with Crippen molar-refractivity contribution in [2.24, 2.45) is 0 Å². The third-order valence-corrected chi connectivity index (χ3v) is 2.59. The van der Waals surface area contributed by atoms with Gasteiger partial charge in [0.25, 0.3) is 5.91 Å². The lowest BCUT2D eigenvalue weighted by molar-refractivity contribution is -0.0327. The summed E-state index contributed by atoms with van der Waals surface area (Å²) < 4.78 is 35.4. The fraction of sp³-hybridized carbons (Fsp3) is 0.300. The maximum atomic E-state index is 11.8. The summed E-state index contributed by atoms with van der Waals surface area (Å²) in [4.78, 5) is 11.5. The van der Waals surface area contributed by atoms with Crippen LogP contribution in [0.2, 0.25) is 0 Å². The van der Waals surface area contributed by atoms with Gasteiger partial charge in [0.15, 0.2) is 0 Å². The summed E-state index contributed by atoms with van der Waals surface area (Å²) in [6.07, 6.45) is 0. The van der Waals surface area contributed by atoms with Crippen LogP contribution < -0.4 is 11.1 Å². The molecule has 0 aromatic heterocycles. The first kappa shape index (κ1) is 13.7. The minimum atomic E-state index is -4.27. The number of hydrogen-bond acceptors (Lipinski definition) is 3. The highest BCUT2D eigenvalue weighted by Gasteiger charge is 2.27. The fourth-order valence-electron chi connectivity index (χ4n) is 1.13. The lowest BCUT2D eigenvalue weighted by atomic mass is 10.2. The van der Waals surface area contributed by atoms with E-state index in [1.165, 1.54) is 6.07 Å². The van der Waals surface area contributed by atoms with Gasteiger partial charge < -0.3 is 11.1 Å². The van der Waals surface area contributed by atoms with Crippen molar-refractivity contribution in [3.63, 3.8) is 0 Å². The molecule has 0 heterocycles. The molecule has 94 valence electrons. The van der Waals surface area contributed by atoms with E-state index in [9.17, 15) is 18.0 Å². The van der Waals surface area contributed by atoms with E-state index in [1.807, 2.05) is 0 Å². The number of rotatable bonds is 4. The molecule has 7 heteroatoms. The topological polar surface area (TPSA) is 55.1 Å². The Labute approximate surface area is 101 Å². The molecule has 0 saturated heterocycles. The predicted molar refractivity (Wildman–Crippen MR) is 61.7 cm³/mol. The molecule has 0 unspecified atom stereocenters. The predicted octanol–water partition coefficient (Wildman–Crippen LogP) is 2.25. The Bertz CT molecular complexity index is 395. The minimum absolute atomic E-state index is 0.0582. The van der Waals surface area contributed by atoms with Gasteiger partial charge >= 0.3 is 5.51 Å². The zero-order chi connectivity index (χ0) is 12.9. The second-order valence-electron chi connectivity index (χ2n) is 3.14. The molecule has 0 spiro atoms. The van der Waals surface area contributed by atoms with E-state index < -0.39 is 11.4 Å². The van der Waals surface area contributed by atoms with Crippen molar-refractivity contribution < 1.29 is 18.0 Å². The summed E-state index contributed by atoms with van der Waals surface area (Å²) in [6, 6.07) is 6.38. The smallest absolute Gasteiger partial charge is 0.398 e. The van der Waals surface area contributed by atoms with Crippen molar-refractivity contribution in [2.75, 3.05) is 18.0 Å². The highest BCUT2D eigenvalue weighted by Crippen LogP contribution is 2.29. The zero-order valence-corrected chi connectivity index (χ0v) is 9.57. The molecular formula is C10H11F3N2OS. The number of thioether (sulfide) groups is 1. The Hall–Kier alpha value is -1.37. The van der Waals surface area contributed by atoms with Crippen LogP contribution in [0.4, 0.5) is 18.9 Å². The number of anilines is 1. The molecule has 0 aliphatic heterocycles. The largest absolute Gasteiger partial charge is 0.441 e. The summed E-state index contributed by atoms with van der Waals surface area (Å²) in [5.41, 5.74) is 1.85. The normalized spacial score (nSPS) is 11.2. The fourth-order valence-corrected chi connectivity index (χ4v) is 1.57. The van der Waals surface area contributed by atoms with E-state index in [4.69, 9.17) is 5.73 Å². The molecule has 1 aromatic carbocycles. The van der Waals surface area contributed by atoms with E-state index in [1.54, 1.807) is 18.2 Å². The molecule has 0 radical (unpaired) electrons. The van der Waals surface area contributed by atoms with E-state index in [2.05, 4.69) is 5.32 Å². The molecule has 0 aliphatic carbocycles. The van der Waals surface area contributed by atoms with E-state index in [-0.39, 0.29) is 29.6 Å². The molecular weight excluding hydrogens is 253 g/mol. The van der Waals surface area contributed by atoms with Crippen LogP contribution in [0.5, 0.6) is 0 Å². The van der Waals surface area contributed by atoms with Gasteiger partial charge in [0.2, 0.25) is 0 Å². The molecule has 3 N–H and O–H groups in total. The summed E-state index contributed by atoms with van der Waals surface area (Å²) >= 11 is -0.171. The van der Waals surface area contributed by atoms with Gasteiger partial charge in [-0.2, -0.15) is 13.2 Å². The SMILES string of the molecule is Nc1ccccc1C(=O)NCCSC(F)(F)F. The summed E-state index contributed by atoms with van der Waals surface area (Å²) in [6.45, 7) is -0.0582. The number of carbonyl (C=O) groups is 1. The van der Waals surface area contributed by atoms with Crippen LogP contribution in [0.1, 0.15) is 10.4 Å². The van der Waals surface area contributed by atoms with Crippen LogP contribution in [0, 0.1) is 0 Å². The summed E-state index contributed by atoms with van der Waals surface area (Å²) in [7, 11) is 0. The van der Waals surface area contributed by atoms with Crippen molar-refractivity contribution in [1.82, 2.24) is 5.32 Å². The molecule has 0 fully saturated rings. The molecule has 1 amide bonds. The number of hydrogen-bond donors (Lipinski definition) is 2. The van der Waals surface area contributed by atoms with Crippen LogP contribution in [-0.4, -0.2) is 23.7 Å². The molecule has 0 saturated carbocycles. The third kappa shape index (κ3) is 4.99. The number of para-hydroxylation sites is 1. The van der Waals surface area contributed by atoms with Gasteiger partial charge in [0.1, 0.15) is 0 Å². The number of alkyl halides is 3. The van der Waals surface area contributed by atoms with Crippen molar-refractivity contribution >= 4 is 23.4 Å². The summed E-state index contributed by atoms with van der Waals surface area (Å²) in [5.74, 6) is -0.687. The number of amides is 1. The molecule has 0 aliphatic rings. The van der Waals surface area contributed by atoms with Gasteiger partial charge in [0, 0.05) is 18.0 Å². The summed E-state index contributed by atoms with van der Waals surface area (Å²) in [5, 5.41) is 2.37. The average molecular weight is 264 g/mol. The van der Waals surface area contributed by atoms with Gasteiger partial charge in [-0.15, -0.1) is 0 Å². The second kappa shape index (κ2) is 5.81. The number of halogens is 3. The quantitative estimate of drug-likeness (QED) is 0.648. The van der Waals surface area contributed by atoms with Crippen LogP contribution >= 0.6 is 11.8 Å². The van der Waals surface area contributed by atoms with Crippen molar-refractivity contribution in [3.8, 4) is 0 Å². The third-order valence-electron chi connectivity index (χ3n) is 1.86. The lowest BCUT2D eigenvalue weighted by Crippen LogP contribution is -2.27.